The smallest absolute Gasteiger partial charge is 0.0595 e. The Balaban J connectivity index is 1.82. The van der Waals surface area contributed by atoms with E-state index < -0.39 is 0 Å². The van der Waals surface area contributed by atoms with Gasteiger partial charge in [0.15, 0.2) is 0 Å². The van der Waals surface area contributed by atoms with Crippen molar-refractivity contribution in [3.63, 3.8) is 0 Å². The van der Waals surface area contributed by atoms with Crippen LogP contribution in [-0.2, 0) is 0 Å². The number of hydrogen-bond donors (Lipinski definition) is 1. The van der Waals surface area contributed by atoms with Crippen molar-refractivity contribution in [2.24, 2.45) is 5.92 Å². The van der Waals surface area contributed by atoms with Crippen molar-refractivity contribution >= 4 is 28.9 Å². The van der Waals surface area contributed by atoms with E-state index in [1.54, 1.807) is 0 Å². The first kappa shape index (κ1) is 14.2. The maximum absolute atomic E-state index is 6.23. The molecule has 0 fully saturated rings. The lowest BCUT2D eigenvalue weighted by Gasteiger charge is -2.38. The number of hydrogen-bond acceptors (Lipinski definition) is 1. The van der Waals surface area contributed by atoms with E-state index in [-0.39, 0.29) is 6.04 Å². The van der Waals surface area contributed by atoms with Gasteiger partial charge in [-0.1, -0.05) is 59.6 Å². The van der Waals surface area contributed by atoms with Crippen LogP contribution in [0.1, 0.15) is 35.1 Å². The average molecular weight is 330 g/mol. The van der Waals surface area contributed by atoms with Gasteiger partial charge in [0.1, 0.15) is 0 Å². The third kappa shape index (κ3) is 2.15. The van der Waals surface area contributed by atoms with Gasteiger partial charge in [-0.05, 0) is 48.1 Å². The summed E-state index contributed by atoms with van der Waals surface area (Å²) < 4.78 is 0. The molecule has 0 radical (unpaired) electrons. The van der Waals surface area contributed by atoms with Crippen molar-refractivity contribution in [2.45, 2.75) is 25.3 Å². The number of rotatable bonds is 1. The number of anilines is 1. The molecule has 1 nitrogen and oxygen atoms in total. The van der Waals surface area contributed by atoms with Gasteiger partial charge >= 0.3 is 0 Å². The number of para-hydroxylation sites is 1. The van der Waals surface area contributed by atoms with E-state index >= 15 is 0 Å². The number of benzene rings is 2. The molecule has 0 unspecified atom stereocenters. The predicted octanol–water partition coefficient (Wildman–Crippen LogP) is 6.13. The molecule has 0 amide bonds. The van der Waals surface area contributed by atoms with E-state index in [2.05, 4.69) is 48.7 Å². The summed E-state index contributed by atoms with van der Waals surface area (Å²) in [6, 6.07) is 12.8. The van der Waals surface area contributed by atoms with E-state index in [0.29, 0.717) is 21.9 Å². The van der Waals surface area contributed by atoms with Gasteiger partial charge in [0.2, 0.25) is 0 Å². The Kier molecular flexibility index (Phi) is 3.43. The molecule has 1 aliphatic heterocycles. The molecule has 4 rings (SSSR count). The molecule has 0 saturated carbocycles. The zero-order valence-corrected chi connectivity index (χ0v) is 13.8. The van der Waals surface area contributed by atoms with E-state index in [1.807, 2.05) is 12.1 Å². The van der Waals surface area contributed by atoms with Crippen molar-refractivity contribution in [1.29, 1.82) is 0 Å². The molecule has 2 aliphatic rings. The number of halogens is 2. The lowest BCUT2D eigenvalue weighted by Crippen LogP contribution is -2.29. The van der Waals surface area contributed by atoms with Crippen LogP contribution in [0.2, 0.25) is 10.0 Å². The monoisotopic (exact) mass is 329 g/mol. The average Bonchev–Trinajstić information content (AvgIpc) is 3.00. The van der Waals surface area contributed by atoms with E-state index in [4.69, 9.17) is 23.2 Å². The zero-order chi connectivity index (χ0) is 15.3. The van der Waals surface area contributed by atoms with E-state index in [0.717, 1.165) is 6.42 Å². The number of aryl methyl sites for hydroxylation is 1. The van der Waals surface area contributed by atoms with E-state index in [9.17, 15) is 0 Å². The molecular weight excluding hydrogens is 313 g/mol. The Morgan fingerprint density at radius 1 is 1.09 bits per heavy atom. The van der Waals surface area contributed by atoms with Gasteiger partial charge in [0, 0.05) is 11.6 Å². The molecule has 0 bridgehead atoms. The minimum Gasteiger partial charge on any atom is -0.377 e. The highest BCUT2D eigenvalue weighted by Crippen LogP contribution is 2.50. The van der Waals surface area contributed by atoms with Crippen LogP contribution < -0.4 is 5.32 Å². The molecule has 112 valence electrons. The van der Waals surface area contributed by atoms with Crippen LogP contribution in [0.15, 0.2) is 48.6 Å². The van der Waals surface area contributed by atoms with Gasteiger partial charge in [0.05, 0.1) is 16.1 Å². The molecule has 3 heteroatoms. The first-order valence-corrected chi connectivity index (χ1v) is 8.38. The van der Waals surface area contributed by atoms with Crippen molar-refractivity contribution in [3.8, 4) is 0 Å². The van der Waals surface area contributed by atoms with Crippen LogP contribution in [-0.4, -0.2) is 0 Å². The quantitative estimate of drug-likeness (QED) is 0.620. The second-order valence-electron chi connectivity index (χ2n) is 6.19. The Morgan fingerprint density at radius 2 is 1.95 bits per heavy atom. The Bertz CT molecular complexity index is 766. The topological polar surface area (TPSA) is 12.0 Å². The summed E-state index contributed by atoms with van der Waals surface area (Å²) in [5.41, 5.74) is 5.18. The molecule has 3 atom stereocenters. The lowest BCUT2D eigenvalue weighted by atomic mass is 9.76. The first-order valence-electron chi connectivity index (χ1n) is 7.63. The van der Waals surface area contributed by atoms with Gasteiger partial charge in [-0.15, -0.1) is 0 Å². The Labute approximate surface area is 140 Å². The maximum Gasteiger partial charge on any atom is 0.0595 e. The van der Waals surface area contributed by atoms with Crippen molar-refractivity contribution < 1.29 is 0 Å². The molecule has 1 N–H and O–H groups in total. The summed E-state index contributed by atoms with van der Waals surface area (Å²) in [5, 5.41) is 4.99. The second-order valence-corrected chi connectivity index (χ2v) is 7.00. The van der Waals surface area contributed by atoms with Crippen molar-refractivity contribution in [3.05, 3.63) is 75.3 Å². The van der Waals surface area contributed by atoms with Crippen LogP contribution in [0.25, 0.3) is 0 Å². The summed E-state index contributed by atoms with van der Waals surface area (Å²) in [7, 11) is 0. The third-order valence-electron chi connectivity index (χ3n) is 4.91. The van der Waals surface area contributed by atoms with Gasteiger partial charge < -0.3 is 5.32 Å². The lowest BCUT2D eigenvalue weighted by molar-refractivity contribution is 0.425. The zero-order valence-electron chi connectivity index (χ0n) is 12.3. The molecule has 2 aromatic carbocycles. The normalized spacial score (nSPS) is 25.5. The van der Waals surface area contributed by atoms with Crippen LogP contribution >= 0.6 is 23.2 Å². The highest BCUT2D eigenvalue weighted by molar-refractivity contribution is 6.42. The fourth-order valence-corrected chi connectivity index (χ4v) is 4.12. The number of nitrogens with one attached hydrogen (secondary N) is 1. The molecule has 22 heavy (non-hydrogen) atoms. The minimum atomic E-state index is 0.267. The van der Waals surface area contributed by atoms with Crippen LogP contribution in [0.4, 0.5) is 5.69 Å². The highest BCUT2D eigenvalue weighted by atomic mass is 35.5. The molecule has 1 heterocycles. The van der Waals surface area contributed by atoms with Gasteiger partial charge in [-0.25, -0.2) is 0 Å². The van der Waals surface area contributed by atoms with Crippen molar-refractivity contribution in [1.82, 2.24) is 0 Å². The minimum absolute atomic E-state index is 0.267. The van der Waals surface area contributed by atoms with Crippen LogP contribution in [0.3, 0.4) is 0 Å². The van der Waals surface area contributed by atoms with Gasteiger partial charge in [0.25, 0.3) is 0 Å². The second kappa shape index (κ2) is 5.33. The van der Waals surface area contributed by atoms with Gasteiger partial charge in [-0.3, -0.25) is 0 Å². The standard InChI is InChI=1S/C19H17Cl2N/c1-11-4-2-6-14-13-5-3-7-15(13)19(22-18(11)14)12-8-9-16(20)17(21)10-12/h2-6,8-10,13,15,19,22H,7H2,1H3/t13-,15-,19-/m0/s1. The maximum atomic E-state index is 6.23. The summed E-state index contributed by atoms with van der Waals surface area (Å²) in [6.07, 6.45) is 5.75. The molecule has 0 spiro atoms. The predicted molar refractivity (Wildman–Crippen MR) is 94.0 cm³/mol. The van der Waals surface area contributed by atoms with Crippen LogP contribution in [0.5, 0.6) is 0 Å². The summed E-state index contributed by atoms with van der Waals surface area (Å²) in [5.74, 6) is 1.02. The van der Waals surface area contributed by atoms with Crippen LogP contribution in [0, 0.1) is 12.8 Å². The molecule has 1 aliphatic carbocycles. The Morgan fingerprint density at radius 3 is 2.77 bits per heavy atom. The van der Waals surface area contributed by atoms with Gasteiger partial charge in [-0.2, -0.15) is 0 Å². The third-order valence-corrected chi connectivity index (χ3v) is 5.65. The SMILES string of the molecule is Cc1cccc2c1N[C@@H](c1ccc(Cl)c(Cl)c1)[C@H]1CC=C[C@@H]21. The Hall–Kier alpha value is -1.44. The fraction of sp³-hybridized carbons (Fsp3) is 0.263. The summed E-state index contributed by atoms with van der Waals surface area (Å²) in [6.45, 7) is 2.16. The summed E-state index contributed by atoms with van der Waals surface area (Å²) >= 11 is 12.3. The van der Waals surface area contributed by atoms with Crippen molar-refractivity contribution in [2.75, 3.05) is 5.32 Å². The molecule has 0 saturated heterocycles. The molecule has 2 aromatic rings. The summed E-state index contributed by atoms with van der Waals surface area (Å²) in [4.78, 5) is 0. The highest BCUT2D eigenvalue weighted by Gasteiger charge is 2.38. The molecule has 0 aromatic heterocycles. The van der Waals surface area contributed by atoms with E-state index in [1.165, 1.54) is 22.4 Å². The number of fused-ring (bicyclic) bond motifs is 3. The number of allylic oxidation sites excluding steroid dienone is 2. The fourth-order valence-electron chi connectivity index (χ4n) is 3.81. The molecular formula is C19H17Cl2N. The largest absolute Gasteiger partial charge is 0.377 e. The first-order chi connectivity index (χ1) is 10.6.